The molecule has 0 aromatic heterocycles. The lowest BCUT2D eigenvalue weighted by Gasteiger charge is -2.38. The fraction of sp³-hybridized carbons (Fsp3) is 0.750. The summed E-state index contributed by atoms with van der Waals surface area (Å²) >= 11 is 0. The van der Waals surface area contributed by atoms with Gasteiger partial charge in [0.2, 0.25) is 5.91 Å². The van der Waals surface area contributed by atoms with Crippen molar-refractivity contribution in [3.05, 3.63) is 0 Å². The van der Waals surface area contributed by atoms with Crippen molar-refractivity contribution in [3.63, 3.8) is 0 Å². The number of amides is 3. The van der Waals surface area contributed by atoms with E-state index in [1.807, 2.05) is 0 Å². The molecule has 0 saturated carbocycles. The second kappa shape index (κ2) is 5.46. The highest BCUT2D eigenvalue weighted by Gasteiger charge is 2.32. The van der Waals surface area contributed by atoms with Crippen LogP contribution in [0.2, 0.25) is 0 Å². The maximum atomic E-state index is 12.3. The van der Waals surface area contributed by atoms with Gasteiger partial charge >= 0.3 is 12.0 Å². The topological polar surface area (TPSA) is 81.2 Å². The summed E-state index contributed by atoms with van der Waals surface area (Å²) in [6.07, 6.45) is 1.31. The van der Waals surface area contributed by atoms with Crippen LogP contribution >= 0.6 is 0 Å². The van der Waals surface area contributed by atoms with Gasteiger partial charge in [0.05, 0.1) is 5.92 Å². The highest BCUT2D eigenvalue weighted by atomic mass is 16.4. The molecule has 0 radical (unpaired) electrons. The number of piperazine rings is 1. The van der Waals surface area contributed by atoms with Gasteiger partial charge in [0.1, 0.15) is 6.54 Å². The molecule has 0 unspecified atom stereocenters. The van der Waals surface area contributed by atoms with Gasteiger partial charge in [0.25, 0.3) is 0 Å². The number of piperidine rings is 1. The van der Waals surface area contributed by atoms with E-state index < -0.39 is 11.9 Å². The quantitative estimate of drug-likeness (QED) is 0.707. The molecule has 2 saturated heterocycles. The third-order valence-electron chi connectivity index (χ3n) is 3.77. The second-order valence-corrected chi connectivity index (χ2v) is 5.14. The highest BCUT2D eigenvalue weighted by Crippen LogP contribution is 2.18. The van der Waals surface area contributed by atoms with Gasteiger partial charge in [0, 0.05) is 33.2 Å². The Morgan fingerprint density at radius 3 is 2.58 bits per heavy atom. The van der Waals surface area contributed by atoms with Gasteiger partial charge in [-0.1, -0.05) is 0 Å². The molecule has 0 aromatic rings. The van der Waals surface area contributed by atoms with Crippen molar-refractivity contribution in [1.82, 2.24) is 14.7 Å². The molecule has 7 heteroatoms. The van der Waals surface area contributed by atoms with E-state index in [1.54, 1.807) is 16.8 Å². The first-order valence-electron chi connectivity index (χ1n) is 6.49. The average Bonchev–Trinajstić information content (AvgIpc) is 2.41. The predicted octanol–water partition coefficient (Wildman–Crippen LogP) is -0.323. The number of carboxylic acid groups (broad SMARTS) is 1. The molecular formula is C12H19N3O4. The van der Waals surface area contributed by atoms with E-state index in [2.05, 4.69) is 0 Å². The lowest BCUT2D eigenvalue weighted by Crippen LogP contribution is -2.56. The van der Waals surface area contributed by atoms with Crippen LogP contribution in [0.1, 0.15) is 12.8 Å². The van der Waals surface area contributed by atoms with E-state index in [1.165, 1.54) is 4.90 Å². The number of carboxylic acids is 1. The molecule has 1 atom stereocenters. The molecule has 0 spiro atoms. The van der Waals surface area contributed by atoms with Crippen molar-refractivity contribution >= 4 is 17.9 Å². The Kier molecular flexibility index (Phi) is 3.92. The number of carbonyl (C=O) groups excluding carboxylic acids is 2. The Morgan fingerprint density at radius 2 is 1.95 bits per heavy atom. The summed E-state index contributed by atoms with van der Waals surface area (Å²) < 4.78 is 0. The third kappa shape index (κ3) is 2.97. The minimum Gasteiger partial charge on any atom is -0.481 e. The number of likely N-dealkylation sites (N-methyl/N-ethyl adjacent to an activating group) is 1. The number of aliphatic carboxylic acids is 1. The maximum absolute atomic E-state index is 12.3. The highest BCUT2D eigenvalue weighted by molar-refractivity contribution is 5.85. The van der Waals surface area contributed by atoms with Crippen LogP contribution in [0.3, 0.4) is 0 Å². The second-order valence-electron chi connectivity index (χ2n) is 5.14. The summed E-state index contributed by atoms with van der Waals surface area (Å²) in [6, 6.07) is -0.215. The zero-order chi connectivity index (χ0) is 14.0. The molecule has 19 heavy (non-hydrogen) atoms. The van der Waals surface area contributed by atoms with E-state index in [-0.39, 0.29) is 25.0 Å². The Bertz CT molecular complexity index is 398. The fourth-order valence-corrected chi connectivity index (χ4v) is 2.47. The number of nitrogens with zero attached hydrogens (tertiary/aromatic N) is 3. The van der Waals surface area contributed by atoms with Gasteiger partial charge in [-0.15, -0.1) is 0 Å². The molecule has 0 aromatic carbocycles. The molecule has 2 aliphatic heterocycles. The lowest BCUT2D eigenvalue weighted by molar-refractivity contribution is -0.143. The zero-order valence-corrected chi connectivity index (χ0v) is 11.0. The molecule has 0 bridgehead atoms. The van der Waals surface area contributed by atoms with Crippen LogP contribution < -0.4 is 0 Å². The van der Waals surface area contributed by atoms with Gasteiger partial charge in [-0.2, -0.15) is 0 Å². The average molecular weight is 269 g/mol. The van der Waals surface area contributed by atoms with Crippen LogP contribution in [-0.2, 0) is 9.59 Å². The van der Waals surface area contributed by atoms with Gasteiger partial charge in [-0.25, -0.2) is 4.79 Å². The lowest BCUT2D eigenvalue weighted by atomic mass is 9.98. The molecule has 7 nitrogen and oxygen atoms in total. The molecule has 2 rings (SSSR count). The minimum absolute atomic E-state index is 0.0774. The molecular weight excluding hydrogens is 250 g/mol. The van der Waals surface area contributed by atoms with Crippen LogP contribution in [0, 0.1) is 5.92 Å². The molecule has 2 aliphatic rings. The monoisotopic (exact) mass is 269 g/mol. The van der Waals surface area contributed by atoms with Crippen molar-refractivity contribution in [2.24, 2.45) is 5.92 Å². The maximum Gasteiger partial charge on any atom is 0.320 e. The van der Waals surface area contributed by atoms with Gasteiger partial charge in [0.15, 0.2) is 0 Å². The molecule has 1 N–H and O–H groups in total. The zero-order valence-electron chi connectivity index (χ0n) is 11.0. The first kappa shape index (κ1) is 13.6. The number of hydrogen-bond donors (Lipinski definition) is 1. The summed E-state index contributed by atoms with van der Waals surface area (Å²) in [7, 11) is 1.71. The standard InChI is InChI=1S/C12H19N3O4/c1-13-5-6-15(8-10(13)16)12(19)14-4-2-3-9(7-14)11(17)18/h9H,2-8H2,1H3,(H,17,18)/t9-/m1/s1. The third-order valence-corrected chi connectivity index (χ3v) is 3.77. The molecule has 3 amide bonds. The van der Waals surface area contributed by atoms with Crippen LogP contribution in [0.15, 0.2) is 0 Å². The molecule has 2 heterocycles. The van der Waals surface area contributed by atoms with Crippen molar-refractivity contribution in [2.75, 3.05) is 39.8 Å². The number of likely N-dealkylation sites (tertiary alicyclic amines) is 1. The van der Waals surface area contributed by atoms with E-state index in [0.29, 0.717) is 32.5 Å². The minimum atomic E-state index is -0.855. The van der Waals surface area contributed by atoms with Crippen molar-refractivity contribution < 1.29 is 19.5 Å². The first-order valence-corrected chi connectivity index (χ1v) is 6.49. The van der Waals surface area contributed by atoms with Gasteiger partial charge in [-0.05, 0) is 12.8 Å². The largest absolute Gasteiger partial charge is 0.481 e. The predicted molar refractivity (Wildman–Crippen MR) is 66.5 cm³/mol. The van der Waals surface area contributed by atoms with Crippen molar-refractivity contribution in [2.45, 2.75) is 12.8 Å². The normalized spacial score (nSPS) is 24.6. The van der Waals surface area contributed by atoms with E-state index in [0.717, 1.165) is 0 Å². The Morgan fingerprint density at radius 1 is 1.21 bits per heavy atom. The van der Waals surface area contributed by atoms with Crippen LogP contribution in [0.4, 0.5) is 4.79 Å². The van der Waals surface area contributed by atoms with Gasteiger partial charge in [-0.3, -0.25) is 9.59 Å². The molecule has 2 fully saturated rings. The first-order chi connectivity index (χ1) is 8.99. The Labute approximate surface area is 111 Å². The number of hydrogen-bond acceptors (Lipinski definition) is 3. The van der Waals surface area contributed by atoms with Gasteiger partial charge < -0.3 is 19.8 Å². The van der Waals surface area contributed by atoms with E-state index in [9.17, 15) is 14.4 Å². The SMILES string of the molecule is CN1CCN(C(=O)N2CCC[C@@H](C(=O)O)C2)CC1=O. The number of urea groups is 1. The summed E-state index contributed by atoms with van der Waals surface area (Å²) in [5, 5.41) is 9.01. The Balaban J connectivity index is 1.96. The van der Waals surface area contributed by atoms with E-state index >= 15 is 0 Å². The molecule has 0 aliphatic carbocycles. The van der Waals surface area contributed by atoms with Crippen molar-refractivity contribution in [3.8, 4) is 0 Å². The van der Waals surface area contributed by atoms with Crippen molar-refractivity contribution in [1.29, 1.82) is 0 Å². The summed E-state index contributed by atoms with van der Waals surface area (Å²) in [5.41, 5.74) is 0. The number of carbonyl (C=O) groups is 3. The van der Waals surface area contributed by atoms with Crippen LogP contribution in [-0.4, -0.2) is 77.5 Å². The fourth-order valence-electron chi connectivity index (χ4n) is 2.47. The van der Waals surface area contributed by atoms with Crippen LogP contribution in [0.5, 0.6) is 0 Å². The Hall–Kier alpha value is -1.79. The summed E-state index contributed by atoms with van der Waals surface area (Å²) in [4.78, 5) is 39.5. The van der Waals surface area contributed by atoms with E-state index in [4.69, 9.17) is 5.11 Å². The smallest absolute Gasteiger partial charge is 0.320 e. The summed E-state index contributed by atoms with van der Waals surface area (Å²) in [5.74, 6) is -1.42. The summed E-state index contributed by atoms with van der Waals surface area (Å²) in [6.45, 7) is 1.94. The van der Waals surface area contributed by atoms with Crippen LogP contribution in [0.25, 0.3) is 0 Å². The number of rotatable bonds is 1. The molecule has 106 valence electrons.